The summed E-state index contributed by atoms with van der Waals surface area (Å²) >= 11 is 0. The maximum Gasteiger partial charge on any atom is 0.223 e. The Labute approximate surface area is 115 Å². The summed E-state index contributed by atoms with van der Waals surface area (Å²) in [7, 11) is 0. The van der Waals surface area contributed by atoms with Crippen molar-refractivity contribution < 1.29 is 4.79 Å². The molecule has 1 fully saturated rings. The second kappa shape index (κ2) is 6.71. The molecule has 1 aromatic carbocycles. The van der Waals surface area contributed by atoms with Crippen LogP contribution in [0.1, 0.15) is 36.8 Å². The van der Waals surface area contributed by atoms with E-state index in [1.165, 1.54) is 12.0 Å². The highest BCUT2D eigenvalue weighted by molar-refractivity contribution is 5.79. The Morgan fingerprint density at radius 3 is 2.89 bits per heavy atom. The minimum absolute atomic E-state index is 0.114. The minimum atomic E-state index is 0.114. The molecule has 0 heterocycles. The molecule has 1 amide bonds. The Kier molecular flexibility index (Phi) is 4.97. The monoisotopic (exact) mass is 260 g/mol. The van der Waals surface area contributed by atoms with E-state index in [1.54, 1.807) is 0 Å². The highest BCUT2D eigenvalue weighted by Gasteiger charge is 2.29. The molecular formula is C16H24N2O. The van der Waals surface area contributed by atoms with Gasteiger partial charge >= 0.3 is 0 Å². The van der Waals surface area contributed by atoms with Crippen molar-refractivity contribution in [3.05, 3.63) is 35.4 Å². The molecule has 0 saturated heterocycles. The molecule has 1 aliphatic carbocycles. The van der Waals surface area contributed by atoms with E-state index >= 15 is 0 Å². The van der Waals surface area contributed by atoms with E-state index in [2.05, 4.69) is 30.4 Å². The minimum Gasteiger partial charge on any atom is -0.352 e. The van der Waals surface area contributed by atoms with Crippen LogP contribution in [0, 0.1) is 18.8 Å². The SMILES string of the molecule is Cc1cccc(CNC(=O)C2CCCCC2CN)c1. The average Bonchev–Trinajstić information content (AvgIpc) is 2.45. The van der Waals surface area contributed by atoms with Crippen molar-refractivity contribution >= 4 is 5.91 Å². The quantitative estimate of drug-likeness (QED) is 0.873. The van der Waals surface area contributed by atoms with Crippen LogP contribution in [0.25, 0.3) is 0 Å². The zero-order valence-electron chi connectivity index (χ0n) is 11.7. The molecule has 2 atom stereocenters. The summed E-state index contributed by atoms with van der Waals surface area (Å²) in [5.41, 5.74) is 8.17. The summed E-state index contributed by atoms with van der Waals surface area (Å²) in [5, 5.41) is 3.07. The lowest BCUT2D eigenvalue weighted by Crippen LogP contribution is -2.39. The summed E-state index contributed by atoms with van der Waals surface area (Å²) in [5.74, 6) is 0.659. The Morgan fingerprint density at radius 2 is 2.16 bits per heavy atom. The molecule has 3 heteroatoms. The van der Waals surface area contributed by atoms with Crippen molar-refractivity contribution in [3.8, 4) is 0 Å². The number of carbonyl (C=O) groups excluding carboxylic acids is 1. The normalized spacial score (nSPS) is 23.1. The smallest absolute Gasteiger partial charge is 0.223 e. The second-order valence-corrected chi connectivity index (χ2v) is 5.59. The lowest BCUT2D eigenvalue weighted by molar-refractivity contribution is -0.127. The second-order valence-electron chi connectivity index (χ2n) is 5.59. The predicted molar refractivity (Wildman–Crippen MR) is 77.5 cm³/mol. The zero-order chi connectivity index (χ0) is 13.7. The van der Waals surface area contributed by atoms with E-state index < -0.39 is 0 Å². The first-order chi connectivity index (χ1) is 9.20. The predicted octanol–water partition coefficient (Wildman–Crippen LogP) is 2.38. The Bertz CT molecular complexity index is 431. The highest BCUT2D eigenvalue weighted by atomic mass is 16.1. The third kappa shape index (κ3) is 3.80. The van der Waals surface area contributed by atoms with Gasteiger partial charge in [-0.05, 0) is 37.8 Å². The van der Waals surface area contributed by atoms with Gasteiger partial charge in [-0.1, -0.05) is 42.7 Å². The van der Waals surface area contributed by atoms with E-state index in [0.29, 0.717) is 19.0 Å². The Balaban J connectivity index is 1.89. The largest absolute Gasteiger partial charge is 0.352 e. The fourth-order valence-corrected chi connectivity index (χ4v) is 2.98. The van der Waals surface area contributed by atoms with Crippen LogP contribution in [0.4, 0.5) is 0 Å². The summed E-state index contributed by atoms with van der Waals surface area (Å²) < 4.78 is 0. The van der Waals surface area contributed by atoms with E-state index in [0.717, 1.165) is 24.8 Å². The van der Waals surface area contributed by atoms with Gasteiger partial charge in [0.2, 0.25) is 5.91 Å². The molecule has 0 radical (unpaired) electrons. The van der Waals surface area contributed by atoms with Crippen LogP contribution in [-0.2, 0) is 11.3 Å². The molecule has 1 aromatic rings. The molecule has 3 N–H and O–H groups in total. The molecular weight excluding hydrogens is 236 g/mol. The van der Waals surface area contributed by atoms with Crippen molar-refractivity contribution in [2.24, 2.45) is 17.6 Å². The average molecular weight is 260 g/mol. The fraction of sp³-hybridized carbons (Fsp3) is 0.562. The molecule has 104 valence electrons. The number of hydrogen-bond acceptors (Lipinski definition) is 2. The molecule has 1 saturated carbocycles. The molecule has 2 rings (SSSR count). The van der Waals surface area contributed by atoms with Crippen LogP contribution in [0.3, 0.4) is 0 Å². The van der Waals surface area contributed by atoms with Crippen LogP contribution in [-0.4, -0.2) is 12.5 Å². The number of nitrogens with two attached hydrogens (primary N) is 1. The van der Waals surface area contributed by atoms with Gasteiger partial charge in [-0.25, -0.2) is 0 Å². The van der Waals surface area contributed by atoms with Gasteiger partial charge in [0.05, 0.1) is 0 Å². The Morgan fingerprint density at radius 1 is 1.37 bits per heavy atom. The van der Waals surface area contributed by atoms with Gasteiger partial charge in [-0.2, -0.15) is 0 Å². The number of nitrogens with one attached hydrogen (secondary N) is 1. The van der Waals surface area contributed by atoms with Crippen LogP contribution in [0.2, 0.25) is 0 Å². The third-order valence-electron chi connectivity index (χ3n) is 4.10. The van der Waals surface area contributed by atoms with Crippen molar-refractivity contribution in [1.29, 1.82) is 0 Å². The van der Waals surface area contributed by atoms with E-state index in [4.69, 9.17) is 5.73 Å². The topological polar surface area (TPSA) is 55.1 Å². The molecule has 2 unspecified atom stereocenters. The standard InChI is InChI=1S/C16H24N2O/c1-12-5-4-6-13(9-12)11-18-16(19)15-8-3-2-7-14(15)10-17/h4-6,9,14-15H,2-3,7-8,10-11,17H2,1H3,(H,18,19). The molecule has 0 spiro atoms. The van der Waals surface area contributed by atoms with Crippen molar-refractivity contribution in [2.45, 2.75) is 39.2 Å². The molecule has 19 heavy (non-hydrogen) atoms. The molecule has 0 aliphatic heterocycles. The molecule has 0 aromatic heterocycles. The van der Waals surface area contributed by atoms with Gasteiger partial charge in [0.25, 0.3) is 0 Å². The van der Waals surface area contributed by atoms with Gasteiger partial charge in [-0.15, -0.1) is 0 Å². The van der Waals surface area contributed by atoms with Crippen LogP contribution in [0.15, 0.2) is 24.3 Å². The van der Waals surface area contributed by atoms with Crippen molar-refractivity contribution in [2.75, 3.05) is 6.54 Å². The maximum atomic E-state index is 12.3. The summed E-state index contributed by atoms with van der Waals surface area (Å²) in [6.07, 6.45) is 4.45. The summed E-state index contributed by atoms with van der Waals surface area (Å²) in [4.78, 5) is 12.3. The van der Waals surface area contributed by atoms with Crippen LogP contribution >= 0.6 is 0 Å². The molecule has 1 aliphatic rings. The first-order valence-corrected chi connectivity index (χ1v) is 7.24. The Hall–Kier alpha value is -1.35. The zero-order valence-corrected chi connectivity index (χ0v) is 11.7. The van der Waals surface area contributed by atoms with Gasteiger partial charge < -0.3 is 11.1 Å². The number of hydrogen-bond donors (Lipinski definition) is 2. The van der Waals surface area contributed by atoms with Gasteiger partial charge in [-0.3, -0.25) is 4.79 Å². The summed E-state index contributed by atoms with van der Waals surface area (Å²) in [6.45, 7) is 3.31. The van der Waals surface area contributed by atoms with Gasteiger partial charge in [0, 0.05) is 12.5 Å². The number of benzene rings is 1. The first-order valence-electron chi connectivity index (χ1n) is 7.24. The van der Waals surface area contributed by atoms with Crippen LogP contribution in [0.5, 0.6) is 0 Å². The number of carbonyl (C=O) groups is 1. The van der Waals surface area contributed by atoms with E-state index in [1.807, 2.05) is 6.07 Å². The molecule has 0 bridgehead atoms. The van der Waals surface area contributed by atoms with Gasteiger partial charge in [0.15, 0.2) is 0 Å². The van der Waals surface area contributed by atoms with E-state index in [9.17, 15) is 4.79 Å². The van der Waals surface area contributed by atoms with Gasteiger partial charge in [0.1, 0.15) is 0 Å². The number of aryl methyl sites for hydroxylation is 1. The van der Waals surface area contributed by atoms with E-state index in [-0.39, 0.29) is 11.8 Å². The maximum absolute atomic E-state index is 12.3. The van der Waals surface area contributed by atoms with Crippen LogP contribution < -0.4 is 11.1 Å². The third-order valence-corrected chi connectivity index (χ3v) is 4.10. The lowest BCUT2D eigenvalue weighted by atomic mass is 9.79. The lowest BCUT2D eigenvalue weighted by Gasteiger charge is -2.29. The number of rotatable bonds is 4. The summed E-state index contributed by atoms with van der Waals surface area (Å²) in [6, 6.07) is 8.26. The highest BCUT2D eigenvalue weighted by Crippen LogP contribution is 2.29. The number of amides is 1. The van der Waals surface area contributed by atoms with Crippen molar-refractivity contribution in [3.63, 3.8) is 0 Å². The molecule has 3 nitrogen and oxygen atoms in total. The fourth-order valence-electron chi connectivity index (χ4n) is 2.98. The van der Waals surface area contributed by atoms with Crippen molar-refractivity contribution in [1.82, 2.24) is 5.32 Å². The first kappa shape index (κ1) is 14.1.